The Balaban J connectivity index is 1.59. The zero-order valence-corrected chi connectivity index (χ0v) is 10.7. The van der Waals surface area contributed by atoms with Gasteiger partial charge in [0.05, 0.1) is 6.54 Å². The average molecular weight is 244 g/mol. The molecular formula is C15H20N2O. The van der Waals surface area contributed by atoms with Gasteiger partial charge in [-0.25, -0.2) is 0 Å². The molecule has 0 saturated carbocycles. The van der Waals surface area contributed by atoms with Crippen LogP contribution in [-0.4, -0.2) is 47.8 Å². The van der Waals surface area contributed by atoms with Crippen molar-refractivity contribution in [2.24, 2.45) is 0 Å². The Hall–Kier alpha value is -1.19. The van der Waals surface area contributed by atoms with Crippen molar-refractivity contribution in [2.75, 3.05) is 26.2 Å². The molecule has 1 unspecified atom stereocenters. The van der Waals surface area contributed by atoms with E-state index in [0.717, 1.165) is 39.0 Å². The average Bonchev–Trinajstić information content (AvgIpc) is 2.40. The van der Waals surface area contributed by atoms with E-state index in [1.165, 1.54) is 5.56 Å². The van der Waals surface area contributed by atoms with Gasteiger partial charge in [-0.1, -0.05) is 30.3 Å². The van der Waals surface area contributed by atoms with Gasteiger partial charge in [-0.2, -0.15) is 0 Å². The van der Waals surface area contributed by atoms with Crippen LogP contribution >= 0.6 is 0 Å². The Kier molecular flexibility index (Phi) is 3.43. The van der Waals surface area contributed by atoms with Crippen LogP contribution in [-0.2, 0) is 11.3 Å². The second-order valence-corrected chi connectivity index (χ2v) is 5.42. The van der Waals surface area contributed by atoms with E-state index in [9.17, 15) is 4.79 Å². The SMILES string of the molecule is O=C1CCC2CN(Cc3ccccc3)CCN2C1. The number of piperidine rings is 1. The molecule has 2 saturated heterocycles. The van der Waals surface area contributed by atoms with Gasteiger partial charge >= 0.3 is 0 Å². The summed E-state index contributed by atoms with van der Waals surface area (Å²) < 4.78 is 0. The smallest absolute Gasteiger partial charge is 0.146 e. The first-order valence-corrected chi connectivity index (χ1v) is 6.83. The highest BCUT2D eigenvalue weighted by atomic mass is 16.1. The lowest BCUT2D eigenvalue weighted by Crippen LogP contribution is -2.56. The summed E-state index contributed by atoms with van der Waals surface area (Å²) in [6.07, 6.45) is 1.82. The molecule has 3 heteroatoms. The Morgan fingerprint density at radius 2 is 2.00 bits per heavy atom. The number of piperazine rings is 1. The third kappa shape index (κ3) is 2.62. The number of fused-ring (bicyclic) bond motifs is 1. The highest BCUT2D eigenvalue weighted by Gasteiger charge is 2.31. The van der Waals surface area contributed by atoms with Gasteiger partial charge in [-0.15, -0.1) is 0 Å². The first-order chi connectivity index (χ1) is 8.81. The fourth-order valence-corrected chi connectivity index (χ4v) is 3.06. The zero-order chi connectivity index (χ0) is 12.4. The van der Waals surface area contributed by atoms with E-state index < -0.39 is 0 Å². The summed E-state index contributed by atoms with van der Waals surface area (Å²) in [6, 6.07) is 11.2. The van der Waals surface area contributed by atoms with Crippen molar-refractivity contribution in [1.82, 2.24) is 9.80 Å². The predicted molar refractivity (Wildman–Crippen MR) is 71.3 cm³/mol. The van der Waals surface area contributed by atoms with E-state index >= 15 is 0 Å². The van der Waals surface area contributed by atoms with Crippen molar-refractivity contribution < 1.29 is 4.79 Å². The molecule has 2 aliphatic rings. The molecule has 3 rings (SSSR count). The van der Waals surface area contributed by atoms with Gasteiger partial charge in [-0.05, 0) is 12.0 Å². The molecule has 0 bridgehead atoms. The van der Waals surface area contributed by atoms with Crippen LogP contribution < -0.4 is 0 Å². The molecule has 2 fully saturated rings. The summed E-state index contributed by atoms with van der Waals surface area (Å²) in [7, 11) is 0. The number of Topliss-reactive ketones (excluding diaryl/α,β-unsaturated/α-hetero) is 1. The third-order valence-corrected chi connectivity index (χ3v) is 4.07. The van der Waals surface area contributed by atoms with Crippen LogP contribution in [0.1, 0.15) is 18.4 Å². The normalized spacial score (nSPS) is 26.0. The van der Waals surface area contributed by atoms with Crippen molar-refractivity contribution in [3.63, 3.8) is 0 Å². The molecule has 3 nitrogen and oxygen atoms in total. The Morgan fingerprint density at radius 1 is 1.17 bits per heavy atom. The van der Waals surface area contributed by atoms with Gasteiger partial charge in [0.25, 0.3) is 0 Å². The molecule has 18 heavy (non-hydrogen) atoms. The number of rotatable bonds is 2. The van der Waals surface area contributed by atoms with Gasteiger partial charge in [0.15, 0.2) is 0 Å². The minimum Gasteiger partial charge on any atom is -0.298 e. The van der Waals surface area contributed by atoms with Crippen LogP contribution in [0.2, 0.25) is 0 Å². The summed E-state index contributed by atoms with van der Waals surface area (Å²) in [5.41, 5.74) is 1.39. The molecule has 0 spiro atoms. The molecule has 1 aromatic carbocycles. The largest absolute Gasteiger partial charge is 0.298 e. The van der Waals surface area contributed by atoms with E-state index in [1.807, 2.05) is 0 Å². The maximum absolute atomic E-state index is 11.4. The molecule has 0 radical (unpaired) electrons. The van der Waals surface area contributed by atoms with Crippen LogP contribution in [0.5, 0.6) is 0 Å². The summed E-state index contributed by atoms with van der Waals surface area (Å²) in [6.45, 7) is 4.97. The highest BCUT2D eigenvalue weighted by molar-refractivity contribution is 5.81. The lowest BCUT2D eigenvalue weighted by molar-refractivity contribution is -0.125. The predicted octanol–water partition coefficient (Wildman–Crippen LogP) is 1.54. The van der Waals surface area contributed by atoms with Crippen molar-refractivity contribution in [1.29, 1.82) is 0 Å². The second-order valence-electron chi connectivity index (χ2n) is 5.42. The topological polar surface area (TPSA) is 23.6 Å². The molecule has 0 aliphatic carbocycles. The molecule has 2 aliphatic heterocycles. The highest BCUT2D eigenvalue weighted by Crippen LogP contribution is 2.20. The summed E-state index contributed by atoms with van der Waals surface area (Å²) in [4.78, 5) is 16.3. The molecule has 1 aromatic rings. The van der Waals surface area contributed by atoms with Crippen molar-refractivity contribution in [2.45, 2.75) is 25.4 Å². The lowest BCUT2D eigenvalue weighted by atomic mass is 9.98. The number of carbonyl (C=O) groups is 1. The number of benzene rings is 1. The molecule has 2 heterocycles. The third-order valence-electron chi connectivity index (χ3n) is 4.07. The standard InChI is InChI=1S/C15H20N2O/c18-15-7-6-14-11-16(8-9-17(14)12-15)10-13-4-2-1-3-5-13/h1-5,14H,6-12H2. The van der Waals surface area contributed by atoms with Gasteiger partial charge in [0.2, 0.25) is 0 Å². The van der Waals surface area contributed by atoms with Crippen molar-refractivity contribution in [3.8, 4) is 0 Å². The van der Waals surface area contributed by atoms with E-state index in [4.69, 9.17) is 0 Å². The van der Waals surface area contributed by atoms with E-state index in [-0.39, 0.29) is 0 Å². The van der Waals surface area contributed by atoms with Crippen molar-refractivity contribution >= 4 is 5.78 Å². The number of nitrogens with zero attached hydrogens (tertiary/aromatic N) is 2. The minimum atomic E-state index is 0.419. The fraction of sp³-hybridized carbons (Fsp3) is 0.533. The molecule has 0 N–H and O–H groups in total. The van der Waals surface area contributed by atoms with E-state index in [2.05, 4.69) is 40.1 Å². The fourth-order valence-electron chi connectivity index (χ4n) is 3.06. The summed E-state index contributed by atoms with van der Waals surface area (Å²) >= 11 is 0. The Labute approximate surface area is 108 Å². The summed E-state index contributed by atoms with van der Waals surface area (Å²) in [5.74, 6) is 0.419. The zero-order valence-electron chi connectivity index (χ0n) is 10.7. The minimum absolute atomic E-state index is 0.419. The number of ketones is 1. The maximum Gasteiger partial charge on any atom is 0.146 e. The quantitative estimate of drug-likeness (QED) is 0.788. The van der Waals surface area contributed by atoms with Gasteiger partial charge in [-0.3, -0.25) is 14.6 Å². The van der Waals surface area contributed by atoms with Gasteiger partial charge in [0.1, 0.15) is 5.78 Å². The Morgan fingerprint density at radius 3 is 2.83 bits per heavy atom. The van der Waals surface area contributed by atoms with E-state index in [0.29, 0.717) is 18.4 Å². The Bertz CT molecular complexity index is 418. The number of carbonyl (C=O) groups excluding carboxylic acids is 1. The van der Waals surface area contributed by atoms with Crippen LogP contribution in [0, 0.1) is 0 Å². The molecule has 96 valence electrons. The van der Waals surface area contributed by atoms with E-state index in [1.54, 1.807) is 0 Å². The maximum atomic E-state index is 11.4. The monoisotopic (exact) mass is 244 g/mol. The van der Waals surface area contributed by atoms with Crippen molar-refractivity contribution in [3.05, 3.63) is 35.9 Å². The number of hydrogen-bond acceptors (Lipinski definition) is 3. The van der Waals surface area contributed by atoms with Crippen LogP contribution in [0.4, 0.5) is 0 Å². The second kappa shape index (κ2) is 5.21. The lowest BCUT2D eigenvalue weighted by Gasteiger charge is -2.43. The first kappa shape index (κ1) is 11.9. The summed E-state index contributed by atoms with van der Waals surface area (Å²) in [5, 5.41) is 0. The van der Waals surface area contributed by atoms with Crippen LogP contribution in [0.15, 0.2) is 30.3 Å². The van der Waals surface area contributed by atoms with Gasteiger partial charge in [0, 0.05) is 38.6 Å². The molecular weight excluding hydrogens is 224 g/mol. The molecule has 0 amide bonds. The first-order valence-electron chi connectivity index (χ1n) is 6.83. The molecule has 0 aromatic heterocycles. The van der Waals surface area contributed by atoms with Gasteiger partial charge < -0.3 is 0 Å². The molecule has 1 atom stereocenters. The number of hydrogen-bond donors (Lipinski definition) is 0. The van der Waals surface area contributed by atoms with Crippen LogP contribution in [0.25, 0.3) is 0 Å². The van der Waals surface area contributed by atoms with Crippen LogP contribution in [0.3, 0.4) is 0 Å².